The molecule has 0 spiro atoms. The third kappa shape index (κ3) is 12.5. The van der Waals surface area contributed by atoms with Crippen molar-refractivity contribution in [3.63, 3.8) is 0 Å². The average molecular weight is 313 g/mol. The van der Waals surface area contributed by atoms with Crippen molar-refractivity contribution in [2.24, 2.45) is 22.7 Å². The Kier molecular flexibility index (Phi) is 13.7. The molecule has 22 heavy (non-hydrogen) atoms. The molecule has 0 nitrogen and oxygen atoms in total. The van der Waals surface area contributed by atoms with Crippen LogP contribution in [0.25, 0.3) is 0 Å². The Morgan fingerprint density at radius 2 is 0.864 bits per heavy atom. The molecule has 0 heteroatoms. The van der Waals surface area contributed by atoms with Crippen LogP contribution in [0.4, 0.5) is 0 Å². The number of rotatable bonds is 0. The minimum atomic E-state index is 0.650. The van der Waals surface area contributed by atoms with Gasteiger partial charge in [0.1, 0.15) is 0 Å². The van der Waals surface area contributed by atoms with Crippen LogP contribution in [0.15, 0.2) is 0 Å². The SMILES string of the molecule is CC.CC.CC1CCCC(C)(C)C1.C[C@H]1CCCC(C)(C)C1. The van der Waals surface area contributed by atoms with Crippen LogP contribution >= 0.6 is 0 Å². The van der Waals surface area contributed by atoms with Crippen molar-refractivity contribution in [2.75, 3.05) is 0 Å². The normalized spacial score (nSPS) is 28.6. The molecule has 0 bridgehead atoms. The van der Waals surface area contributed by atoms with Crippen LogP contribution in [-0.2, 0) is 0 Å². The molecule has 136 valence electrons. The maximum absolute atomic E-state index is 2.39. The van der Waals surface area contributed by atoms with E-state index in [1.54, 1.807) is 0 Å². The van der Waals surface area contributed by atoms with E-state index >= 15 is 0 Å². The van der Waals surface area contributed by atoms with Crippen LogP contribution < -0.4 is 0 Å². The highest BCUT2D eigenvalue weighted by molar-refractivity contribution is 4.77. The lowest BCUT2D eigenvalue weighted by Crippen LogP contribution is -2.20. The summed E-state index contributed by atoms with van der Waals surface area (Å²) < 4.78 is 0. The van der Waals surface area contributed by atoms with E-state index in [1.165, 1.54) is 51.4 Å². The molecule has 0 aromatic carbocycles. The fourth-order valence-electron chi connectivity index (χ4n) is 4.15. The molecule has 2 saturated carbocycles. The van der Waals surface area contributed by atoms with Crippen LogP contribution in [-0.4, -0.2) is 0 Å². The Balaban J connectivity index is 0. The maximum atomic E-state index is 2.39. The fourth-order valence-corrected chi connectivity index (χ4v) is 4.15. The largest absolute Gasteiger partial charge is 0.0683 e. The molecule has 0 aromatic rings. The predicted molar refractivity (Wildman–Crippen MR) is 106 cm³/mol. The lowest BCUT2D eigenvalue weighted by Gasteiger charge is -2.33. The van der Waals surface area contributed by atoms with Gasteiger partial charge < -0.3 is 0 Å². The molecule has 2 aliphatic rings. The molecule has 2 rings (SSSR count). The molecule has 2 fully saturated rings. The van der Waals surface area contributed by atoms with E-state index in [2.05, 4.69) is 41.5 Å². The molecule has 0 radical (unpaired) electrons. The summed E-state index contributed by atoms with van der Waals surface area (Å²) in [7, 11) is 0. The molecule has 0 N–H and O–H groups in total. The third-order valence-electron chi connectivity index (χ3n) is 4.90. The molecule has 0 heterocycles. The molecule has 0 amide bonds. The highest BCUT2D eigenvalue weighted by Gasteiger charge is 2.25. The van der Waals surface area contributed by atoms with Crippen molar-refractivity contribution < 1.29 is 0 Å². The van der Waals surface area contributed by atoms with Gasteiger partial charge in [-0.2, -0.15) is 0 Å². The van der Waals surface area contributed by atoms with Crippen molar-refractivity contribution in [2.45, 2.75) is 121 Å². The van der Waals surface area contributed by atoms with Gasteiger partial charge in [-0.25, -0.2) is 0 Å². The summed E-state index contributed by atoms with van der Waals surface area (Å²) >= 11 is 0. The summed E-state index contributed by atoms with van der Waals surface area (Å²) in [6.07, 6.45) is 11.6. The van der Waals surface area contributed by atoms with Gasteiger partial charge >= 0.3 is 0 Å². The Morgan fingerprint density at radius 3 is 1.00 bits per heavy atom. The van der Waals surface area contributed by atoms with Gasteiger partial charge in [-0.05, 0) is 48.3 Å². The topological polar surface area (TPSA) is 0 Å². The van der Waals surface area contributed by atoms with Crippen LogP contribution in [0.1, 0.15) is 121 Å². The Hall–Kier alpha value is 0. The first-order valence-electron chi connectivity index (χ1n) is 10.2. The molecule has 0 saturated heterocycles. The van der Waals surface area contributed by atoms with E-state index in [1.807, 2.05) is 27.7 Å². The third-order valence-corrected chi connectivity index (χ3v) is 4.90. The van der Waals surface area contributed by atoms with Crippen LogP contribution in [0, 0.1) is 22.7 Å². The summed E-state index contributed by atoms with van der Waals surface area (Å²) in [5.41, 5.74) is 1.30. The molecule has 0 aliphatic heterocycles. The molecule has 2 aliphatic carbocycles. The second kappa shape index (κ2) is 12.4. The minimum Gasteiger partial charge on any atom is -0.0683 e. The van der Waals surface area contributed by atoms with Gasteiger partial charge in [-0.1, -0.05) is 94.9 Å². The van der Waals surface area contributed by atoms with Gasteiger partial charge in [0, 0.05) is 0 Å². The zero-order chi connectivity index (χ0) is 17.8. The molecular formula is C22H48. The van der Waals surface area contributed by atoms with Gasteiger partial charge in [-0.3, -0.25) is 0 Å². The summed E-state index contributed by atoms with van der Waals surface area (Å²) in [6.45, 7) is 22.3. The zero-order valence-corrected chi connectivity index (χ0v) is 17.8. The second-order valence-corrected chi connectivity index (χ2v) is 8.73. The summed E-state index contributed by atoms with van der Waals surface area (Å²) in [5.74, 6) is 1.96. The standard InChI is InChI=1S/2C9H18.2C2H6/c2*1-8-5-4-6-9(2,3)7-8;2*1-2/h2*8H,4-7H2,1-3H3;2*1-2H3/t8-;;;/m0.../s1. The van der Waals surface area contributed by atoms with Crippen molar-refractivity contribution in [1.29, 1.82) is 0 Å². The van der Waals surface area contributed by atoms with Crippen LogP contribution in [0.5, 0.6) is 0 Å². The first kappa shape index (κ1) is 24.3. The van der Waals surface area contributed by atoms with E-state index in [4.69, 9.17) is 0 Å². The highest BCUT2D eigenvalue weighted by Crippen LogP contribution is 2.38. The Bertz CT molecular complexity index is 210. The zero-order valence-electron chi connectivity index (χ0n) is 17.8. The van der Waals surface area contributed by atoms with Crippen molar-refractivity contribution in [3.05, 3.63) is 0 Å². The second-order valence-electron chi connectivity index (χ2n) is 8.73. The van der Waals surface area contributed by atoms with E-state index in [-0.39, 0.29) is 0 Å². The first-order chi connectivity index (χ1) is 10.2. The molecule has 2 atom stereocenters. The van der Waals surface area contributed by atoms with Crippen molar-refractivity contribution >= 4 is 0 Å². The van der Waals surface area contributed by atoms with Crippen molar-refractivity contribution in [1.82, 2.24) is 0 Å². The number of hydrogen-bond acceptors (Lipinski definition) is 0. The fraction of sp³-hybridized carbons (Fsp3) is 1.00. The molecule has 0 aromatic heterocycles. The molecular weight excluding hydrogens is 264 g/mol. The van der Waals surface area contributed by atoms with Crippen molar-refractivity contribution in [3.8, 4) is 0 Å². The lowest BCUT2D eigenvalue weighted by atomic mass is 9.73. The maximum Gasteiger partial charge on any atom is -0.0352 e. The Morgan fingerprint density at radius 1 is 0.591 bits per heavy atom. The predicted octanol–water partition coefficient (Wildman–Crippen LogP) is 8.50. The van der Waals surface area contributed by atoms with E-state index in [0.717, 1.165) is 11.8 Å². The lowest BCUT2D eigenvalue weighted by molar-refractivity contribution is 0.191. The van der Waals surface area contributed by atoms with Crippen LogP contribution in [0.2, 0.25) is 0 Å². The van der Waals surface area contributed by atoms with E-state index in [9.17, 15) is 0 Å². The minimum absolute atomic E-state index is 0.650. The summed E-state index contributed by atoms with van der Waals surface area (Å²) in [6, 6.07) is 0. The van der Waals surface area contributed by atoms with Gasteiger partial charge in [-0.15, -0.1) is 0 Å². The Labute approximate surface area is 143 Å². The quantitative estimate of drug-likeness (QED) is 0.420. The smallest absolute Gasteiger partial charge is 0.0352 e. The average Bonchev–Trinajstić information content (AvgIpc) is 2.41. The van der Waals surface area contributed by atoms with E-state index < -0.39 is 0 Å². The first-order valence-corrected chi connectivity index (χ1v) is 10.2. The van der Waals surface area contributed by atoms with Crippen LogP contribution in [0.3, 0.4) is 0 Å². The number of hydrogen-bond donors (Lipinski definition) is 0. The summed E-state index contributed by atoms with van der Waals surface area (Å²) in [4.78, 5) is 0. The summed E-state index contributed by atoms with van der Waals surface area (Å²) in [5, 5.41) is 0. The highest BCUT2D eigenvalue weighted by atomic mass is 14.3. The van der Waals surface area contributed by atoms with Gasteiger partial charge in [0.2, 0.25) is 0 Å². The van der Waals surface area contributed by atoms with Gasteiger partial charge in [0.05, 0.1) is 0 Å². The van der Waals surface area contributed by atoms with E-state index in [0.29, 0.717) is 10.8 Å². The molecule has 1 unspecified atom stereocenters. The monoisotopic (exact) mass is 312 g/mol. The van der Waals surface area contributed by atoms with Gasteiger partial charge in [0.15, 0.2) is 0 Å². The van der Waals surface area contributed by atoms with Gasteiger partial charge in [0.25, 0.3) is 0 Å².